The Kier molecular flexibility index (Phi) is 3.06. The number of hydrogen-bond acceptors (Lipinski definition) is 4. The average molecular weight is 214 g/mol. The molecular weight excluding hydrogens is 200 g/mol. The molecule has 0 aliphatic carbocycles. The van der Waals surface area contributed by atoms with Crippen LogP contribution in [-0.2, 0) is 0 Å². The zero-order valence-electron chi connectivity index (χ0n) is 9.00. The van der Waals surface area contributed by atoms with Gasteiger partial charge in [-0.15, -0.1) is 0 Å². The highest BCUT2D eigenvalue weighted by Crippen LogP contribution is 2.18. The summed E-state index contributed by atoms with van der Waals surface area (Å²) < 4.78 is 0. The molecular formula is C12H14N4. The Labute approximate surface area is 95.0 Å². The van der Waals surface area contributed by atoms with Gasteiger partial charge in [0.15, 0.2) is 6.19 Å². The van der Waals surface area contributed by atoms with Crippen molar-refractivity contribution in [1.29, 1.82) is 5.26 Å². The lowest BCUT2D eigenvalue weighted by Crippen LogP contribution is -2.21. The first-order valence-electron chi connectivity index (χ1n) is 5.36. The maximum atomic E-state index is 8.89. The van der Waals surface area contributed by atoms with Gasteiger partial charge in [0.1, 0.15) is 5.82 Å². The molecule has 1 saturated heterocycles. The van der Waals surface area contributed by atoms with Crippen molar-refractivity contribution in [2.45, 2.75) is 18.9 Å². The van der Waals surface area contributed by atoms with Crippen molar-refractivity contribution in [3.8, 4) is 6.19 Å². The number of anilines is 1. The van der Waals surface area contributed by atoms with Crippen molar-refractivity contribution >= 4 is 11.9 Å². The maximum absolute atomic E-state index is 8.89. The number of aromatic nitrogens is 1. The molecule has 0 bridgehead atoms. The van der Waals surface area contributed by atoms with E-state index in [1.165, 1.54) is 0 Å². The second-order valence-electron chi connectivity index (χ2n) is 3.88. The molecule has 4 heteroatoms. The Bertz CT molecular complexity index is 433. The molecule has 2 rings (SSSR count). The summed E-state index contributed by atoms with van der Waals surface area (Å²) in [6, 6.07) is 3.96. The number of nitriles is 1. The Morgan fingerprint density at radius 2 is 2.50 bits per heavy atom. The van der Waals surface area contributed by atoms with Crippen LogP contribution in [-0.4, -0.2) is 22.5 Å². The Morgan fingerprint density at radius 3 is 3.25 bits per heavy atom. The summed E-state index contributed by atoms with van der Waals surface area (Å²) in [5, 5.41) is 8.89. The third kappa shape index (κ3) is 2.31. The molecule has 1 aliphatic rings. The third-order valence-electron chi connectivity index (χ3n) is 2.74. The normalized spacial score (nSPS) is 20.2. The monoisotopic (exact) mass is 214 g/mol. The maximum Gasteiger partial charge on any atom is 0.179 e. The van der Waals surface area contributed by atoms with Crippen molar-refractivity contribution in [2.75, 3.05) is 12.3 Å². The van der Waals surface area contributed by atoms with Crippen LogP contribution in [0.15, 0.2) is 24.4 Å². The fourth-order valence-electron chi connectivity index (χ4n) is 1.91. The highest BCUT2D eigenvalue weighted by atomic mass is 15.2. The molecule has 1 fully saturated rings. The lowest BCUT2D eigenvalue weighted by atomic mass is 10.1. The molecule has 1 atom stereocenters. The number of nitrogens with zero attached hydrogens (tertiary/aromatic N) is 3. The van der Waals surface area contributed by atoms with E-state index in [1.54, 1.807) is 11.1 Å². The summed E-state index contributed by atoms with van der Waals surface area (Å²) >= 11 is 0. The van der Waals surface area contributed by atoms with Gasteiger partial charge >= 0.3 is 0 Å². The smallest absolute Gasteiger partial charge is 0.179 e. The molecule has 0 aromatic carbocycles. The standard InChI is InChI=1S/C12H14N4/c13-9-16-7-1-2-11(16)4-3-10-5-6-15-12(14)8-10/h3-6,8,11H,1-2,7H2,(H2,14,15). The van der Waals surface area contributed by atoms with Crippen molar-refractivity contribution in [2.24, 2.45) is 0 Å². The van der Waals surface area contributed by atoms with Crippen LogP contribution >= 0.6 is 0 Å². The zero-order chi connectivity index (χ0) is 11.4. The minimum atomic E-state index is 0.236. The molecule has 4 nitrogen and oxygen atoms in total. The molecule has 16 heavy (non-hydrogen) atoms. The summed E-state index contributed by atoms with van der Waals surface area (Å²) in [5.41, 5.74) is 6.61. The molecule has 0 spiro atoms. The second-order valence-corrected chi connectivity index (χ2v) is 3.88. The third-order valence-corrected chi connectivity index (χ3v) is 2.74. The van der Waals surface area contributed by atoms with Crippen LogP contribution in [0.25, 0.3) is 6.08 Å². The summed E-state index contributed by atoms with van der Waals surface area (Å²) in [4.78, 5) is 5.74. The van der Waals surface area contributed by atoms with E-state index in [9.17, 15) is 0 Å². The van der Waals surface area contributed by atoms with Crippen LogP contribution in [0.4, 0.5) is 5.82 Å². The molecule has 1 aliphatic heterocycles. The van der Waals surface area contributed by atoms with Gasteiger partial charge in [-0.25, -0.2) is 4.98 Å². The first-order valence-corrected chi connectivity index (χ1v) is 5.36. The molecule has 0 radical (unpaired) electrons. The molecule has 1 aromatic rings. The fraction of sp³-hybridized carbons (Fsp3) is 0.333. The van der Waals surface area contributed by atoms with E-state index in [2.05, 4.69) is 17.3 Å². The van der Waals surface area contributed by atoms with Gasteiger partial charge in [0.05, 0.1) is 6.04 Å². The van der Waals surface area contributed by atoms with Crippen LogP contribution in [0.1, 0.15) is 18.4 Å². The molecule has 0 saturated carbocycles. The molecule has 2 heterocycles. The van der Waals surface area contributed by atoms with Gasteiger partial charge in [-0.1, -0.05) is 12.2 Å². The average Bonchev–Trinajstić information content (AvgIpc) is 2.74. The van der Waals surface area contributed by atoms with Gasteiger partial charge in [-0.05, 0) is 30.5 Å². The van der Waals surface area contributed by atoms with Crippen LogP contribution in [0, 0.1) is 11.5 Å². The van der Waals surface area contributed by atoms with Crippen LogP contribution in [0.2, 0.25) is 0 Å². The van der Waals surface area contributed by atoms with E-state index >= 15 is 0 Å². The number of nitrogen functional groups attached to an aromatic ring is 1. The van der Waals surface area contributed by atoms with E-state index in [1.807, 2.05) is 18.2 Å². The lowest BCUT2D eigenvalue weighted by Gasteiger charge is -2.13. The van der Waals surface area contributed by atoms with E-state index < -0.39 is 0 Å². The van der Waals surface area contributed by atoms with Gasteiger partial charge in [-0.3, -0.25) is 0 Å². The first kappa shape index (κ1) is 10.5. The van der Waals surface area contributed by atoms with Crippen molar-refractivity contribution in [1.82, 2.24) is 9.88 Å². The highest BCUT2D eigenvalue weighted by Gasteiger charge is 2.20. The number of nitrogens with two attached hydrogens (primary N) is 1. The number of rotatable bonds is 2. The number of likely N-dealkylation sites (tertiary alicyclic amines) is 1. The van der Waals surface area contributed by atoms with Gasteiger partial charge in [0.2, 0.25) is 0 Å². The predicted molar refractivity (Wildman–Crippen MR) is 63.0 cm³/mol. The van der Waals surface area contributed by atoms with E-state index in [0.29, 0.717) is 5.82 Å². The lowest BCUT2D eigenvalue weighted by molar-refractivity contribution is 0.420. The van der Waals surface area contributed by atoms with Gasteiger partial charge in [0.25, 0.3) is 0 Å². The molecule has 2 N–H and O–H groups in total. The van der Waals surface area contributed by atoms with Gasteiger partial charge in [-0.2, -0.15) is 5.26 Å². The minimum Gasteiger partial charge on any atom is -0.384 e. The van der Waals surface area contributed by atoms with Crippen molar-refractivity contribution in [3.63, 3.8) is 0 Å². The Balaban J connectivity index is 2.07. The van der Waals surface area contributed by atoms with Gasteiger partial charge in [0, 0.05) is 12.7 Å². The summed E-state index contributed by atoms with van der Waals surface area (Å²) in [6.07, 6.45) is 10.1. The minimum absolute atomic E-state index is 0.236. The van der Waals surface area contributed by atoms with Crippen molar-refractivity contribution in [3.05, 3.63) is 30.0 Å². The quantitative estimate of drug-likeness (QED) is 0.760. The zero-order valence-corrected chi connectivity index (χ0v) is 9.00. The van der Waals surface area contributed by atoms with Crippen molar-refractivity contribution < 1.29 is 0 Å². The Morgan fingerprint density at radius 1 is 1.62 bits per heavy atom. The van der Waals surface area contributed by atoms with Crippen LogP contribution < -0.4 is 5.73 Å². The number of pyridine rings is 1. The fourth-order valence-corrected chi connectivity index (χ4v) is 1.91. The molecule has 0 amide bonds. The summed E-state index contributed by atoms with van der Waals surface area (Å²) in [6.45, 7) is 0.865. The predicted octanol–water partition coefficient (Wildman–Crippen LogP) is 1.62. The van der Waals surface area contributed by atoms with Crippen LogP contribution in [0.3, 0.4) is 0 Å². The molecule has 1 unspecified atom stereocenters. The van der Waals surface area contributed by atoms with E-state index in [4.69, 9.17) is 11.0 Å². The van der Waals surface area contributed by atoms with Gasteiger partial charge < -0.3 is 10.6 Å². The van der Waals surface area contributed by atoms with E-state index in [0.717, 1.165) is 24.9 Å². The second kappa shape index (κ2) is 4.67. The first-order chi connectivity index (χ1) is 7.79. The highest BCUT2D eigenvalue weighted by molar-refractivity contribution is 5.53. The molecule has 82 valence electrons. The number of hydrogen-bond donors (Lipinski definition) is 1. The summed E-state index contributed by atoms with van der Waals surface area (Å²) in [5.74, 6) is 0.519. The molecule has 1 aromatic heterocycles. The topological polar surface area (TPSA) is 65.9 Å². The van der Waals surface area contributed by atoms with Crippen LogP contribution in [0.5, 0.6) is 0 Å². The van der Waals surface area contributed by atoms with E-state index in [-0.39, 0.29) is 6.04 Å². The SMILES string of the molecule is N#CN1CCCC1C=Cc1ccnc(N)c1. The summed E-state index contributed by atoms with van der Waals surface area (Å²) in [7, 11) is 0. The Hall–Kier alpha value is -2.02. The largest absolute Gasteiger partial charge is 0.384 e.